The van der Waals surface area contributed by atoms with E-state index >= 15 is 0 Å². The van der Waals surface area contributed by atoms with Crippen molar-refractivity contribution in [1.82, 2.24) is 14.9 Å². The van der Waals surface area contributed by atoms with E-state index in [4.69, 9.17) is 47.9 Å². The summed E-state index contributed by atoms with van der Waals surface area (Å²) in [6, 6.07) is 8.60. The molecule has 56 heavy (non-hydrogen) atoms. The van der Waals surface area contributed by atoms with E-state index in [1.165, 1.54) is 57.5 Å². The highest BCUT2D eigenvalue weighted by atomic mass is 35.5. The Morgan fingerprint density at radius 1 is 0.786 bits per heavy atom. The molecule has 0 atom stereocenters. The quantitative estimate of drug-likeness (QED) is 0.206. The van der Waals surface area contributed by atoms with Crippen LogP contribution in [0.1, 0.15) is 67.2 Å². The predicted molar refractivity (Wildman–Crippen MR) is 219 cm³/mol. The number of carbonyl (C=O) groups is 3. The van der Waals surface area contributed by atoms with Gasteiger partial charge in [-0.15, -0.1) is 0 Å². The Morgan fingerprint density at radius 3 is 1.84 bits per heavy atom. The Hall–Kier alpha value is -4.73. The lowest BCUT2D eigenvalue weighted by Crippen LogP contribution is -2.48. The number of piperidine rings is 1. The minimum atomic E-state index is -1.09. The van der Waals surface area contributed by atoms with Crippen molar-refractivity contribution in [2.45, 2.75) is 90.5 Å². The minimum Gasteiger partial charge on any atom is -0.495 e. The van der Waals surface area contributed by atoms with Gasteiger partial charge in [0.25, 0.3) is 0 Å². The Kier molecular flexibility index (Phi) is 12.7. The molecule has 2 fully saturated rings. The summed E-state index contributed by atoms with van der Waals surface area (Å²) in [6.07, 6.45) is 3.95. The molecule has 1 saturated carbocycles. The molecule has 0 radical (unpaired) electrons. The van der Waals surface area contributed by atoms with Crippen LogP contribution < -0.4 is 34.8 Å². The first-order chi connectivity index (χ1) is 26.2. The van der Waals surface area contributed by atoms with Gasteiger partial charge >= 0.3 is 18.2 Å². The first-order valence-corrected chi connectivity index (χ1v) is 19.1. The number of imide groups is 1. The number of methoxy groups -OCH3 is 2. The summed E-state index contributed by atoms with van der Waals surface area (Å²) < 4.78 is 22.2. The normalized spacial score (nSPS) is 15.0. The molecule has 17 heteroatoms. The van der Waals surface area contributed by atoms with Gasteiger partial charge in [-0.05, 0) is 92.5 Å². The third kappa shape index (κ3) is 9.61. The van der Waals surface area contributed by atoms with Crippen LogP contribution in [-0.4, -0.2) is 97.8 Å². The molecule has 1 aliphatic heterocycles. The maximum Gasteiger partial charge on any atom is 0.423 e. The molecule has 1 aromatic heterocycles. The number of ether oxygens (including phenoxy) is 4. The summed E-state index contributed by atoms with van der Waals surface area (Å²) in [5.74, 6) is 0.186. The molecular formula is C39H52Cl2N8O7. The average molecular weight is 816 g/mol. The lowest BCUT2D eigenvalue weighted by atomic mass is 10.0. The van der Waals surface area contributed by atoms with E-state index in [1.807, 2.05) is 12.1 Å². The Morgan fingerprint density at radius 2 is 1.32 bits per heavy atom. The van der Waals surface area contributed by atoms with Gasteiger partial charge in [0.05, 0.1) is 25.6 Å². The number of nitrogens with zero attached hydrogens (tertiary/aromatic N) is 7. The molecule has 2 aliphatic rings. The highest BCUT2D eigenvalue weighted by molar-refractivity contribution is 6.43. The second-order valence-corrected chi connectivity index (χ2v) is 16.6. The van der Waals surface area contributed by atoms with E-state index in [2.05, 4.69) is 26.8 Å². The Bertz CT molecular complexity index is 1910. The lowest BCUT2D eigenvalue weighted by molar-refractivity contribution is 0.0584. The number of nitrogen functional groups attached to an aromatic ring is 1. The second kappa shape index (κ2) is 16.8. The van der Waals surface area contributed by atoms with Gasteiger partial charge in [-0.2, -0.15) is 4.90 Å². The van der Waals surface area contributed by atoms with E-state index < -0.39 is 29.4 Å². The second-order valence-electron chi connectivity index (χ2n) is 15.8. The van der Waals surface area contributed by atoms with Gasteiger partial charge < -0.3 is 34.5 Å². The molecule has 2 aromatic carbocycles. The largest absolute Gasteiger partial charge is 0.495 e. The molecule has 0 unspecified atom stereocenters. The smallest absolute Gasteiger partial charge is 0.423 e. The maximum absolute atomic E-state index is 14.4. The van der Waals surface area contributed by atoms with Gasteiger partial charge in [0.2, 0.25) is 0 Å². The SMILES string of the molecule is COc1cc(OC)c(Cl)c(N(C(=O)OC(C)(C)C)C(=O)N(C)c2cc(N(C(=O)OC(C)(C)C)c3ccc(N4CCC(N(C)C5CC5)CC4)cc3N)ncn2)c1Cl. The number of rotatable bonds is 9. The van der Waals surface area contributed by atoms with E-state index in [0.717, 1.165) is 36.5 Å². The van der Waals surface area contributed by atoms with Crippen LogP contribution in [-0.2, 0) is 9.47 Å². The molecule has 304 valence electrons. The number of halogens is 2. The van der Waals surface area contributed by atoms with Crippen LogP contribution in [0, 0.1) is 0 Å². The van der Waals surface area contributed by atoms with Crippen molar-refractivity contribution in [2.75, 3.05) is 66.7 Å². The van der Waals surface area contributed by atoms with Crippen LogP contribution in [0.4, 0.5) is 48.8 Å². The van der Waals surface area contributed by atoms with Crippen molar-refractivity contribution < 1.29 is 33.3 Å². The van der Waals surface area contributed by atoms with Gasteiger partial charge in [0.1, 0.15) is 56.4 Å². The number of benzene rings is 2. The number of aromatic nitrogens is 2. The number of anilines is 6. The highest BCUT2D eigenvalue weighted by Crippen LogP contribution is 2.47. The van der Waals surface area contributed by atoms with Gasteiger partial charge in [0.15, 0.2) is 0 Å². The Balaban J connectivity index is 1.51. The third-order valence-electron chi connectivity index (χ3n) is 9.40. The van der Waals surface area contributed by atoms with Crippen molar-refractivity contribution in [2.24, 2.45) is 0 Å². The number of carbonyl (C=O) groups excluding carboxylic acids is 3. The standard InChI is InChI=1S/C39H52Cl2N8O7/c1-38(2,3)55-36(51)48(27-14-13-25(19-26(27)42)47-17-15-24(16-18-47)45(7)23-11-12-23)31-21-30(43-22-44-31)46(8)35(50)49(37(52)56-39(4,5)6)34-32(40)28(53-9)20-29(54-10)33(34)41/h13-14,19-24H,11-12,15-18,42H2,1-10H3. The summed E-state index contributed by atoms with van der Waals surface area (Å²) in [4.78, 5) is 58.7. The molecule has 0 spiro atoms. The predicted octanol–water partition coefficient (Wildman–Crippen LogP) is 8.52. The van der Waals surface area contributed by atoms with Crippen LogP contribution >= 0.6 is 23.2 Å². The molecule has 2 N–H and O–H groups in total. The summed E-state index contributed by atoms with van der Waals surface area (Å²) in [5.41, 5.74) is 6.11. The number of hydrogen-bond acceptors (Lipinski definition) is 12. The molecule has 5 rings (SSSR count). The highest BCUT2D eigenvalue weighted by Gasteiger charge is 2.38. The first kappa shape index (κ1) is 42.4. The van der Waals surface area contributed by atoms with E-state index in [0.29, 0.717) is 28.4 Å². The topological polar surface area (TPSA) is 156 Å². The number of nitrogens with two attached hydrogens (primary N) is 1. The van der Waals surface area contributed by atoms with E-state index in [1.54, 1.807) is 47.6 Å². The van der Waals surface area contributed by atoms with E-state index in [9.17, 15) is 14.4 Å². The van der Waals surface area contributed by atoms with Gasteiger partial charge in [-0.1, -0.05) is 23.2 Å². The zero-order valence-corrected chi connectivity index (χ0v) is 35.2. The Labute approximate surface area is 338 Å². The van der Waals surface area contributed by atoms with Crippen LogP contribution in [0.3, 0.4) is 0 Å². The van der Waals surface area contributed by atoms with Crippen molar-refractivity contribution in [3.05, 3.63) is 46.7 Å². The molecule has 2 heterocycles. The monoisotopic (exact) mass is 814 g/mol. The minimum absolute atomic E-state index is 0.0153. The van der Waals surface area contributed by atoms with Crippen molar-refractivity contribution >= 4 is 75.8 Å². The van der Waals surface area contributed by atoms with Gasteiger partial charge in [-0.25, -0.2) is 29.3 Å². The molecular weight excluding hydrogens is 763 g/mol. The summed E-state index contributed by atoms with van der Waals surface area (Å²) in [6.45, 7) is 11.9. The van der Waals surface area contributed by atoms with Crippen molar-refractivity contribution in [3.8, 4) is 11.5 Å². The molecule has 1 aliphatic carbocycles. The fourth-order valence-corrected chi connectivity index (χ4v) is 7.08. The summed E-state index contributed by atoms with van der Waals surface area (Å²) in [5, 5.41) is -0.307. The molecule has 4 amide bonds. The fraction of sp³-hybridized carbons (Fsp3) is 0.513. The zero-order chi connectivity index (χ0) is 41.3. The van der Waals surface area contributed by atoms with E-state index in [-0.39, 0.29) is 38.9 Å². The van der Waals surface area contributed by atoms with Gasteiger partial charge in [-0.3, -0.25) is 4.90 Å². The van der Waals surface area contributed by atoms with Crippen molar-refractivity contribution in [3.63, 3.8) is 0 Å². The average Bonchev–Trinajstić information content (AvgIpc) is 3.98. The molecule has 3 aromatic rings. The third-order valence-corrected chi connectivity index (χ3v) is 10.1. The first-order valence-electron chi connectivity index (χ1n) is 18.4. The summed E-state index contributed by atoms with van der Waals surface area (Å²) in [7, 11) is 6.32. The van der Waals surface area contributed by atoms with Crippen LogP contribution in [0.5, 0.6) is 11.5 Å². The molecule has 15 nitrogen and oxygen atoms in total. The summed E-state index contributed by atoms with van der Waals surface area (Å²) >= 11 is 13.4. The van der Waals surface area contributed by atoms with Crippen LogP contribution in [0.2, 0.25) is 10.0 Å². The molecule has 1 saturated heterocycles. The van der Waals surface area contributed by atoms with Crippen LogP contribution in [0.15, 0.2) is 36.7 Å². The molecule has 0 bridgehead atoms. The fourth-order valence-electron chi connectivity index (χ4n) is 6.41. The van der Waals surface area contributed by atoms with Crippen LogP contribution in [0.25, 0.3) is 0 Å². The van der Waals surface area contributed by atoms with Gasteiger partial charge in [0, 0.05) is 50.0 Å². The number of amides is 4. The lowest BCUT2D eigenvalue weighted by Gasteiger charge is -2.38. The van der Waals surface area contributed by atoms with Crippen molar-refractivity contribution in [1.29, 1.82) is 0 Å². The number of urea groups is 1. The maximum atomic E-state index is 14.4. The number of hydrogen-bond donors (Lipinski definition) is 1. The zero-order valence-electron chi connectivity index (χ0n) is 33.7.